The molecule has 0 aliphatic carbocycles. The van der Waals surface area contributed by atoms with Crippen molar-refractivity contribution in [2.45, 2.75) is 145 Å². The fourth-order valence-corrected chi connectivity index (χ4v) is 26.0. The summed E-state index contributed by atoms with van der Waals surface area (Å²) in [6, 6.07) is 0. The van der Waals surface area contributed by atoms with Gasteiger partial charge in [-0.05, 0) is 86.5 Å². The summed E-state index contributed by atoms with van der Waals surface area (Å²) in [4.78, 5) is 0. The highest BCUT2D eigenvalue weighted by Crippen LogP contribution is 2.48. The standard InChI is InChI=1S/C28H65N3Si2/c1-15-19-29(20-16-2)32(25(7)8,26(9)10)31(23-24(5)6)33(27(11)12,28(13)14)30(21-17-3)22-18-4/h24-28H,15-23H2,1-14H3. The average molecular weight is 500 g/mol. The SMILES string of the molecule is CCCN(CCC)[Si](C(C)C)(C(C)C)N(CC(C)C)[Si](C(C)C)(C(C)C)N(CCC)CCC. The first-order valence-electron chi connectivity index (χ1n) is 14.6. The van der Waals surface area contributed by atoms with Crippen LogP contribution in [0.3, 0.4) is 0 Å². The number of hydrogen-bond donors (Lipinski definition) is 0. The van der Waals surface area contributed by atoms with Crippen LogP contribution in [-0.4, -0.2) is 62.9 Å². The molecule has 0 bridgehead atoms. The zero-order chi connectivity index (χ0) is 26.0. The monoisotopic (exact) mass is 499 g/mol. The van der Waals surface area contributed by atoms with Crippen molar-refractivity contribution in [1.82, 2.24) is 13.4 Å². The van der Waals surface area contributed by atoms with Crippen molar-refractivity contribution in [3.8, 4) is 0 Å². The molecule has 0 aromatic carbocycles. The van der Waals surface area contributed by atoms with Crippen molar-refractivity contribution in [1.29, 1.82) is 0 Å². The summed E-state index contributed by atoms with van der Waals surface area (Å²) in [5.74, 6) is 0.689. The first-order chi connectivity index (χ1) is 15.4. The Bertz CT molecular complexity index is 437. The van der Waals surface area contributed by atoms with Crippen molar-refractivity contribution >= 4 is 16.8 Å². The Morgan fingerprint density at radius 1 is 0.455 bits per heavy atom. The summed E-state index contributed by atoms with van der Waals surface area (Å²) in [6.07, 6.45) is 5.04. The van der Waals surface area contributed by atoms with Crippen LogP contribution in [0.1, 0.15) is 123 Å². The summed E-state index contributed by atoms with van der Waals surface area (Å²) in [5.41, 5.74) is 2.85. The minimum Gasteiger partial charge on any atom is -0.320 e. The van der Waals surface area contributed by atoms with Crippen LogP contribution in [0.15, 0.2) is 0 Å². The zero-order valence-corrected chi connectivity index (χ0v) is 27.6. The Morgan fingerprint density at radius 3 is 0.848 bits per heavy atom. The number of nitrogens with zero attached hydrogens (tertiary/aromatic N) is 3. The van der Waals surface area contributed by atoms with E-state index in [1.165, 1.54) is 58.4 Å². The van der Waals surface area contributed by atoms with Crippen molar-refractivity contribution in [2.75, 3.05) is 32.7 Å². The molecule has 5 heteroatoms. The summed E-state index contributed by atoms with van der Waals surface area (Å²) in [5, 5.41) is 0. The lowest BCUT2D eigenvalue weighted by molar-refractivity contribution is 0.290. The molecule has 0 rings (SSSR count). The van der Waals surface area contributed by atoms with Crippen LogP contribution in [0.5, 0.6) is 0 Å². The van der Waals surface area contributed by atoms with Gasteiger partial charge in [0.2, 0.25) is 16.8 Å². The average Bonchev–Trinajstić information content (AvgIpc) is 2.68. The minimum absolute atomic E-state index is 0.689. The normalized spacial score (nSPS) is 14.0. The number of hydrogen-bond acceptors (Lipinski definition) is 3. The Kier molecular flexibility index (Phi) is 15.6. The molecule has 0 aromatic rings. The predicted molar refractivity (Wildman–Crippen MR) is 158 cm³/mol. The van der Waals surface area contributed by atoms with E-state index in [1.54, 1.807) is 0 Å². The third kappa shape index (κ3) is 7.18. The van der Waals surface area contributed by atoms with Gasteiger partial charge in [-0.1, -0.05) is 96.9 Å². The van der Waals surface area contributed by atoms with E-state index in [9.17, 15) is 0 Å². The van der Waals surface area contributed by atoms with Crippen LogP contribution in [0.4, 0.5) is 0 Å². The van der Waals surface area contributed by atoms with Crippen LogP contribution in [-0.2, 0) is 0 Å². The zero-order valence-electron chi connectivity index (χ0n) is 25.6. The fraction of sp³-hybridized carbons (Fsp3) is 1.00. The van der Waals surface area contributed by atoms with E-state index >= 15 is 0 Å². The van der Waals surface area contributed by atoms with Gasteiger partial charge in [0.25, 0.3) is 0 Å². The van der Waals surface area contributed by atoms with E-state index in [0.29, 0.717) is 28.1 Å². The summed E-state index contributed by atoms with van der Waals surface area (Å²) in [7, 11) is -4.02. The molecular weight excluding hydrogens is 435 g/mol. The van der Waals surface area contributed by atoms with Gasteiger partial charge in [0.15, 0.2) is 0 Å². The summed E-state index contributed by atoms with van der Waals surface area (Å²) < 4.78 is 9.51. The first-order valence-corrected chi connectivity index (χ1v) is 18.7. The predicted octanol–water partition coefficient (Wildman–Crippen LogP) is 8.71. The molecular formula is C28H65N3Si2. The highest BCUT2D eigenvalue weighted by atomic mass is 28.4. The lowest BCUT2D eigenvalue weighted by Gasteiger charge is -2.65. The number of rotatable bonds is 18. The molecule has 0 spiro atoms. The van der Waals surface area contributed by atoms with E-state index < -0.39 is 16.8 Å². The van der Waals surface area contributed by atoms with Gasteiger partial charge in [-0.2, -0.15) is 0 Å². The molecule has 0 aromatic heterocycles. The third-order valence-corrected chi connectivity index (χ3v) is 21.8. The molecule has 0 radical (unpaired) electrons. The maximum Gasteiger partial charge on any atom is 0.206 e. The van der Waals surface area contributed by atoms with Gasteiger partial charge in [0.1, 0.15) is 0 Å². The second-order valence-corrected chi connectivity index (χ2v) is 22.7. The van der Waals surface area contributed by atoms with Gasteiger partial charge >= 0.3 is 0 Å². The van der Waals surface area contributed by atoms with E-state index in [-0.39, 0.29) is 0 Å². The van der Waals surface area contributed by atoms with Crippen molar-refractivity contribution < 1.29 is 0 Å². The minimum atomic E-state index is -2.01. The largest absolute Gasteiger partial charge is 0.320 e. The molecule has 0 fully saturated rings. The molecule has 0 aliphatic heterocycles. The lowest BCUT2D eigenvalue weighted by atomic mass is 10.2. The molecule has 33 heavy (non-hydrogen) atoms. The highest BCUT2D eigenvalue weighted by Gasteiger charge is 2.61. The highest BCUT2D eigenvalue weighted by molar-refractivity contribution is 6.92. The van der Waals surface area contributed by atoms with Gasteiger partial charge in [-0.25, -0.2) is 0 Å². The van der Waals surface area contributed by atoms with Gasteiger partial charge in [0, 0.05) is 0 Å². The van der Waals surface area contributed by atoms with Crippen LogP contribution in [0, 0.1) is 5.92 Å². The van der Waals surface area contributed by atoms with Crippen molar-refractivity contribution in [3.05, 3.63) is 0 Å². The quantitative estimate of drug-likeness (QED) is 0.175. The molecule has 0 saturated carbocycles. The molecule has 0 amide bonds. The molecule has 0 aliphatic rings. The van der Waals surface area contributed by atoms with E-state index in [0.717, 1.165) is 0 Å². The lowest BCUT2D eigenvalue weighted by Crippen LogP contribution is -2.82. The summed E-state index contributed by atoms with van der Waals surface area (Å²) >= 11 is 0. The topological polar surface area (TPSA) is 9.72 Å². The smallest absolute Gasteiger partial charge is 0.206 e. The van der Waals surface area contributed by atoms with Gasteiger partial charge in [0.05, 0.1) is 0 Å². The van der Waals surface area contributed by atoms with Gasteiger partial charge in [-0.3, -0.25) is 0 Å². The van der Waals surface area contributed by atoms with Crippen molar-refractivity contribution in [3.63, 3.8) is 0 Å². The Balaban J connectivity index is 7.57. The third-order valence-electron chi connectivity index (χ3n) is 7.80. The van der Waals surface area contributed by atoms with Gasteiger partial charge < -0.3 is 13.4 Å². The first kappa shape index (κ1) is 33.3. The maximum absolute atomic E-state index is 3.35. The Morgan fingerprint density at radius 2 is 0.697 bits per heavy atom. The van der Waals surface area contributed by atoms with Crippen LogP contribution < -0.4 is 0 Å². The molecule has 3 nitrogen and oxygen atoms in total. The van der Waals surface area contributed by atoms with Crippen molar-refractivity contribution in [2.24, 2.45) is 5.92 Å². The molecule has 0 atom stereocenters. The molecule has 0 N–H and O–H groups in total. The van der Waals surface area contributed by atoms with E-state index in [1.807, 2.05) is 0 Å². The molecule has 0 saturated heterocycles. The fourth-order valence-electron chi connectivity index (χ4n) is 7.35. The molecule has 0 heterocycles. The van der Waals surface area contributed by atoms with Crippen LogP contribution >= 0.6 is 0 Å². The molecule has 0 unspecified atom stereocenters. The Labute approximate surface area is 213 Å². The second-order valence-electron chi connectivity index (χ2n) is 12.2. The van der Waals surface area contributed by atoms with Crippen LogP contribution in [0.2, 0.25) is 22.2 Å². The van der Waals surface area contributed by atoms with E-state index in [4.69, 9.17) is 0 Å². The van der Waals surface area contributed by atoms with Crippen LogP contribution in [0.25, 0.3) is 0 Å². The van der Waals surface area contributed by atoms with E-state index in [2.05, 4.69) is 110 Å². The summed E-state index contributed by atoms with van der Waals surface area (Å²) in [6.45, 7) is 41.5. The maximum atomic E-state index is 3.35. The molecule has 200 valence electrons. The van der Waals surface area contributed by atoms with Gasteiger partial charge in [-0.15, -0.1) is 0 Å². The Hall–Kier alpha value is 0.314. The second kappa shape index (κ2) is 15.4.